The summed E-state index contributed by atoms with van der Waals surface area (Å²) in [5.41, 5.74) is 0.797. The molecule has 2 amide bonds. The van der Waals surface area contributed by atoms with Crippen LogP contribution in [0.2, 0.25) is 10.0 Å². The van der Waals surface area contributed by atoms with Crippen molar-refractivity contribution < 1.29 is 14.7 Å². The van der Waals surface area contributed by atoms with E-state index >= 15 is 0 Å². The molecule has 1 heterocycles. The van der Waals surface area contributed by atoms with E-state index in [0.29, 0.717) is 35.9 Å². The number of hydrogen-bond acceptors (Lipinski definition) is 2. The number of likely N-dealkylation sites (tertiary alicyclic amines) is 1. The van der Waals surface area contributed by atoms with Gasteiger partial charge in [0.1, 0.15) is 0 Å². The third-order valence-corrected chi connectivity index (χ3v) is 4.71. The van der Waals surface area contributed by atoms with E-state index in [1.54, 1.807) is 23.1 Å². The summed E-state index contributed by atoms with van der Waals surface area (Å²) in [6, 6.07) is 4.90. The maximum absolute atomic E-state index is 12.3. The molecule has 5 nitrogen and oxygen atoms in total. The maximum Gasteiger partial charge on any atom is 0.317 e. The zero-order chi connectivity index (χ0) is 17.0. The summed E-state index contributed by atoms with van der Waals surface area (Å²) in [7, 11) is 0. The summed E-state index contributed by atoms with van der Waals surface area (Å²) in [5.74, 6) is -1.33. The first-order chi connectivity index (χ1) is 10.9. The normalized spacial score (nSPS) is 19.3. The molecule has 2 unspecified atom stereocenters. The zero-order valence-electron chi connectivity index (χ0n) is 12.9. The van der Waals surface area contributed by atoms with Gasteiger partial charge in [0.05, 0.1) is 5.92 Å². The van der Waals surface area contributed by atoms with Gasteiger partial charge >= 0.3 is 12.0 Å². The molecule has 0 aromatic heterocycles. The van der Waals surface area contributed by atoms with Gasteiger partial charge in [-0.25, -0.2) is 4.79 Å². The number of carbonyl (C=O) groups is 2. The molecule has 0 spiro atoms. The Kier molecular flexibility index (Phi) is 6.13. The first kappa shape index (κ1) is 17.9. The monoisotopic (exact) mass is 358 g/mol. The van der Waals surface area contributed by atoms with Gasteiger partial charge in [-0.15, -0.1) is 0 Å². The quantitative estimate of drug-likeness (QED) is 0.865. The molecule has 0 aliphatic carbocycles. The SMILES string of the molecule is CC(Cc1c(Cl)cccc1Cl)NC(=O)N1CCCC(C(=O)O)C1. The van der Waals surface area contributed by atoms with Gasteiger partial charge in [-0.3, -0.25) is 4.79 Å². The van der Waals surface area contributed by atoms with Gasteiger partial charge in [0, 0.05) is 29.2 Å². The van der Waals surface area contributed by atoms with Crippen LogP contribution in [-0.4, -0.2) is 41.1 Å². The average Bonchev–Trinajstić information content (AvgIpc) is 2.51. The number of aliphatic carboxylic acids is 1. The van der Waals surface area contributed by atoms with Crippen LogP contribution in [-0.2, 0) is 11.2 Å². The van der Waals surface area contributed by atoms with E-state index in [4.69, 9.17) is 28.3 Å². The van der Waals surface area contributed by atoms with Gasteiger partial charge in [-0.2, -0.15) is 0 Å². The van der Waals surface area contributed by atoms with E-state index in [-0.39, 0.29) is 18.6 Å². The Morgan fingerprint density at radius 2 is 2.04 bits per heavy atom. The Balaban J connectivity index is 1.93. The van der Waals surface area contributed by atoms with E-state index in [0.717, 1.165) is 5.56 Å². The van der Waals surface area contributed by atoms with Gasteiger partial charge < -0.3 is 15.3 Å². The molecule has 1 aromatic carbocycles. The molecule has 23 heavy (non-hydrogen) atoms. The minimum atomic E-state index is -0.849. The molecule has 1 aromatic rings. The summed E-state index contributed by atoms with van der Waals surface area (Å²) in [4.78, 5) is 24.9. The van der Waals surface area contributed by atoms with Crippen LogP contribution in [0.1, 0.15) is 25.3 Å². The lowest BCUT2D eigenvalue weighted by Crippen LogP contribution is -2.49. The third-order valence-electron chi connectivity index (χ3n) is 4.00. The number of carboxylic acid groups (broad SMARTS) is 1. The maximum atomic E-state index is 12.3. The number of nitrogens with zero attached hydrogens (tertiary/aromatic N) is 1. The molecule has 0 bridgehead atoms. The summed E-state index contributed by atoms with van der Waals surface area (Å²) >= 11 is 12.3. The second-order valence-corrected chi connectivity index (χ2v) is 6.69. The van der Waals surface area contributed by atoms with E-state index in [1.165, 1.54) is 0 Å². The lowest BCUT2D eigenvalue weighted by Gasteiger charge is -2.31. The Morgan fingerprint density at radius 3 is 2.65 bits per heavy atom. The molecule has 1 fully saturated rings. The Bertz CT molecular complexity index is 574. The zero-order valence-corrected chi connectivity index (χ0v) is 14.4. The van der Waals surface area contributed by atoms with Crippen molar-refractivity contribution in [1.82, 2.24) is 10.2 Å². The fourth-order valence-electron chi connectivity index (χ4n) is 2.75. The minimum Gasteiger partial charge on any atom is -0.481 e. The van der Waals surface area contributed by atoms with Crippen molar-refractivity contribution in [3.63, 3.8) is 0 Å². The minimum absolute atomic E-state index is 0.162. The molecule has 7 heteroatoms. The third kappa shape index (κ3) is 4.75. The second kappa shape index (κ2) is 7.88. The van der Waals surface area contributed by atoms with Gasteiger partial charge in [0.15, 0.2) is 0 Å². The number of rotatable bonds is 4. The summed E-state index contributed by atoms with van der Waals surface area (Å²) < 4.78 is 0. The molecule has 126 valence electrons. The van der Waals surface area contributed by atoms with Crippen LogP contribution in [0.15, 0.2) is 18.2 Å². The highest BCUT2D eigenvalue weighted by Crippen LogP contribution is 2.25. The lowest BCUT2D eigenvalue weighted by molar-refractivity contribution is -0.143. The number of carboxylic acids is 1. The Labute approximate surface area is 145 Å². The molecule has 1 saturated heterocycles. The fraction of sp³-hybridized carbons (Fsp3) is 0.500. The van der Waals surface area contributed by atoms with E-state index < -0.39 is 11.9 Å². The highest BCUT2D eigenvalue weighted by molar-refractivity contribution is 6.36. The van der Waals surface area contributed by atoms with Gasteiger partial charge in [0.2, 0.25) is 0 Å². The predicted octanol–water partition coefficient (Wildman–Crippen LogP) is 3.43. The van der Waals surface area contributed by atoms with Crippen LogP contribution >= 0.6 is 23.2 Å². The standard InChI is InChI=1S/C16H20Cl2N2O3/c1-10(8-12-13(17)5-2-6-14(12)18)19-16(23)20-7-3-4-11(9-20)15(21)22/h2,5-6,10-11H,3-4,7-9H2,1H3,(H,19,23)(H,21,22). The first-order valence-electron chi connectivity index (χ1n) is 7.59. The number of benzene rings is 1. The number of nitrogens with one attached hydrogen (secondary N) is 1. The van der Waals surface area contributed by atoms with E-state index in [1.807, 2.05) is 6.92 Å². The molecule has 1 aliphatic rings. The van der Waals surface area contributed by atoms with E-state index in [9.17, 15) is 9.59 Å². The van der Waals surface area contributed by atoms with Crippen LogP contribution in [0.5, 0.6) is 0 Å². The topological polar surface area (TPSA) is 69.6 Å². The number of halogens is 2. The van der Waals surface area contributed by atoms with Crippen molar-refractivity contribution in [3.05, 3.63) is 33.8 Å². The molecule has 0 radical (unpaired) electrons. The molecular weight excluding hydrogens is 339 g/mol. The highest BCUT2D eigenvalue weighted by Gasteiger charge is 2.28. The Hall–Kier alpha value is -1.46. The van der Waals surface area contributed by atoms with Crippen LogP contribution in [0, 0.1) is 5.92 Å². The number of hydrogen-bond donors (Lipinski definition) is 2. The van der Waals surface area contributed by atoms with Gasteiger partial charge in [0.25, 0.3) is 0 Å². The number of amides is 2. The van der Waals surface area contributed by atoms with Gasteiger partial charge in [-0.05, 0) is 43.9 Å². The van der Waals surface area contributed by atoms with Crippen LogP contribution in [0.3, 0.4) is 0 Å². The number of carbonyl (C=O) groups excluding carboxylic acids is 1. The molecule has 2 N–H and O–H groups in total. The van der Waals surface area contributed by atoms with Crippen molar-refractivity contribution in [2.75, 3.05) is 13.1 Å². The summed E-state index contributed by atoms with van der Waals surface area (Å²) in [5, 5.41) is 13.1. The fourth-order valence-corrected chi connectivity index (χ4v) is 3.30. The van der Waals surface area contributed by atoms with Gasteiger partial charge in [-0.1, -0.05) is 29.3 Å². The second-order valence-electron chi connectivity index (χ2n) is 5.88. The highest BCUT2D eigenvalue weighted by atomic mass is 35.5. The van der Waals surface area contributed by atoms with Crippen molar-refractivity contribution >= 4 is 35.2 Å². The van der Waals surface area contributed by atoms with Crippen molar-refractivity contribution in [1.29, 1.82) is 0 Å². The molecule has 2 atom stereocenters. The predicted molar refractivity (Wildman–Crippen MR) is 90.1 cm³/mol. The summed E-state index contributed by atoms with van der Waals surface area (Å²) in [6.07, 6.45) is 1.83. The molecule has 2 rings (SSSR count). The largest absolute Gasteiger partial charge is 0.481 e. The molecule has 0 saturated carbocycles. The average molecular weight is 359 g/mol. The smallest absolute Gasteiger partial charge is 0.317 e. The van der Waals surface area contributed by atoms with Crippen molar-refractivity contribution in [2.45, 2.75) is 32.2 Å². The molecule has 1 aliphatic heterocycles. The lowest BCUT2D eigenvalue weighted by atomic mass is 9.98. The van der Waals surface area contributed by atoms with Crippen LogP contribution < -0.4 is 5.32 Å². The van der Waals surface area contributed by atoms with E-state index in [2.05, 4.69) is 5.32 Å². The van der Waals surface area contributed by atoms with Crippen LogP contribution in [0.25, 0.3) is 0 Å². The first-order valence-corrected chi connectivity index (χ1v) is 8.35. The van der Waals surface area contributed by atoms with Crippen molar-refractivity contribution in [3.8, 4) is 0 Å². The number of piperidine rings is 1. The Morgan fingerprint density at radius 1 is 1.39 bits per heavy atom. The number of urea groups is 1. The summed E-state index contributed by atoms with van der Waals surface area (Å²) in [6.45, 7) is 2.70. The molecular formula is C16H20Cl2N2O3. The van der Waals surface area contributed by atoms with Crippen molar-refractivity contribution in [2.24, 2.45) is 5.92 Å². The van der Waals surface area contributed by atoms with Crippen LogP contribution in [0.4, 0.5) is 4.79 Å².